The number of rotatable bonds is 4. The Balaban J connectivity index is 0.00000240. The zero-order chi connectivity index (χ0) is 19.5. The molecule has 9 heteroatoms. The van der Waals surface area contributed by atoms with Crippen LogP contribution >= 0.6 is 12.4 Å². The molecule has 1 aliphatic rings. The van der Waals surface area contributed by atoms with Crippen molar-refractivity contribution < 1.29 is 13.9 Å². The fourth-order valence-electron chi connectivity index (χ4n) is 3.16. The molecule has 0 spiro atoms. The molecule has 1 amide bonds. The largest absolute Gasteiger partial charge is 0.481 e. The minimum atomic E-state index is -0.321. The number of amides is 1. The van der Waals surface area contributed by atoms with Crippen LogP contribution in [0.3, 0.4) is 0 Å². The van der Waals surface area contributed by atoms with Gasteiger partial charge in [0.25, 0.3) is 5.91 Å². The van der Waals surface area contributed by atoms with Crippen LogP contribution in [0.15, 0.2) is 48.7 Å². The van der Waals surface area contributed by atoms with E-state index >= 15 is 0 Å². The lowest BCUT2D eigenvalue weighted by Gasteiger charge is -2.26. The Labute approximate surface area is 173 Å². The predicted octanol–water partition coefficient (Wildman–Crippen LogP) is 2.55. The van der Waals surface area contributed by atoms with E-state index in [-0.39, 0.29) is 24.1 Å². The average Bonchev–Trinajstić information content (AvgIpc) is 3.20. The highest BCUT2D eigenvalue weighted by molar-refractivity contribution is 5.93. The van der Waals surface area contributed by atoms with Gasteiger partial charge in [0.15, 0.2) is 5.69 Å². The number of hydrogen-bond donors (Lipinski definition) is 1. The molecule has 0 aliphatic carbocycles. The van der Waals surface area contributed by atoms with Gasteiger partial charge in [0, 0.05) is 37.8 Å². The summed E-state index contributed by atoms with van der Waals surface area (Å²) in [5.41, 5.74) is 2.46. The number of nitrogens with one attached hydrogen (secondary N) is 1. The van der Waals surface area contributed by atoms with Gasteiger partial charge in [0.1, 0.15) is 5.82 Å². The number of carbonyl (C=O) groups is 1. The van der Waals surface area contributed by atoms with Crippen LogP contribution in [0.1, 0.15) is 10.5 Å². The molecule has 1 fully saturated rings. The van der Waals surface area contributed by atoms with E-state index in [1.807, 2.05) is 6.07 Å². The Morgan fingerprint density at radius 3 is 2.48 bits per heavy atom. The lowest BCUT2D eigenvalue weighted by Crippen LogP contribution is -2.46. The molecule has 2 aromatic heterocycles. The SMILES string of the molecule is COc1ccc(-n2nc(C(=O)N3CCNCC3)cc2-c2ccc(F)cc2)cn1.Cl. The molecule has 0 atom stereocenters. The number of carbonyl (C=O) groups excluding carboxylic acids is 1. The van der Waals surface area contributed by atoms with Crippen LogP contribution in [0.25, 0.3) is 16.9 Å². The van der Waals surface area contributed by atoms with Gasteiger partial charge in [-0.1, -0.05) is 0 Å². The number of pyridine rings is 1. The van der Waals surface area contributed by atoms with Gasteiger partial charge < -0.3 is 15.0 Å². The molecule has 1 aliphatic heterocycles. The average molecular weight is 418 g/mol. The Bertz CT molecular complexity index is 970. The van der Waals surface area contributed by atoms with E-state index in [0.29, 0.717) is 36.0 Å². The third-order valence-corrected chi connectivity index (χ3v) is 4.65. The molecule has 0 radical (unpaired) electrons. The van der Waals surface area contributed by atoms with Crippen molar-refractivity contribution in [3.8, 4) is 22.8 Å². The highest BCUT2D eigenvalue weighted by Gasteiger charge is 2.23. The van der Waals surface area contributed by atoms with Crippen LogP contribution < -0.4 is 10.1 Å². The lowest BCUT2D eigenvalue weighted by atomic mass is 10.1. The molecule has 1 aromatic carbocycles. The molecule has 4 rings (SSSR count). The van der Waals surface area contributed by atoms with Gasteiger partial charge in [-0.15, -0.1) is 12.4 Å². The topological polar surface area (TPSA) is 72.3 Å². The van der Waals surface area contributed by atoms with Crippen LogP contribution in [0.2, 0.25) is 0 Å². The first-order valence-corrected chi connectivity index (χ1v) is 9.02. The second-order valence-corrected chi connectivity index (χ2v) is 6.43. The van der Waals surface area contributed by atoms with Crippen molar-refractivity contribution >= 4 is 18.3 Å². The number of halogens is 2. The smallest absolute Gasteiger partial charge is 0.274 e. The molecule has 0 unspecified atom stereocenters. The standard InChI is InChI=1S/C20H20FN5O2.ClH/c1-28-19-7-6-16(13-23-19)26-18(14-2-4-15(21)5-3-14)12-17(24-26)20(27)25-10-8-22-9-11-25;/h2-7,12-13,22H,8-11H2,1H3;1H. The van der Waals surface area contributed by atoms with Gasteiger partial charge in [0.2, 0.25) is 5.88 Å². The number of methoxy groups -OCH3 is 1. The molecule has 3 aromatic rings. The maximum absolute atomic E-state index is 13.4. The number of piperazine rings is 1. The Hall–Kier alpha value is -2.97. The molecule has 1 N–H and O–H groups in total. The summed E-state index contributed by atoms with van der Waals surface area (Å²) in [5, 5.41) is 7.77. The summed E-state index contributed by atoms with van der Waals surface area (Å²) in [7, 11) is 1.55. The minimum absolute atomic E-state index is 0. The number of aromatic nitrogens is 3. The lowest BCUT2D eigenvalue weighted by molar-refractivity contribution is 0.0729. The number of ether oxygens (including phenoxy) is 1. The number of hydrogen-bond acceptors (Lipinski definition) is 5. The normalized spacial score (nSPS) is 13.7. The second-order valence-electron chi connectivity index (χ2n) is 6.43. The molecule has 152 valence electrons. The van der Waals surface area contributed by atoms with Crippen molar-refractivity contribution in [1.29, 1.82) is 0 Å². The summed E-state index contributed by atoms with van der Waals surface area (Å²) in [6.07, 6.45) is 1.62. The molecule has 7 nitrogen and oxygen atoms in total. The van der Waals surface area contributed by atoms with Crippen LogP contribution in [-0.2, 0) is 0 Å². The zero-order valence-electron chi connectivity index (χ0n) is 15.8. The molecule has 1 saturated heterocycles. The number of benzene rings is 1. The molecule has 3 heterocycles. The van der Waals surface area contributed by atoms with Crippen molar-refractivity contribution in [2.75, 3.05) is 33.3 Å². The van der Waals surface area contributed by atoms with E-state index in [4.69, 9.17) is 4.74 Å². The van der Waals surface area contributed by atoms with Gasteiger partial charge >= 0.3 is 0 Å². The van der Waals surface area contributed by atoms with Crippen LogP contribution in [0.4, 0.5) is 4.39 Å². The fourth-order valence-corrected chi connectivity index (χ4v) is 3.16. The first-order chi connectivity index (χ1) is 13.7. The zero-order valence-corrected chi connectivity index (χ0v) is 16.7. The highest BCUT2D eigenvalue weighted by atomic mass is 35.5. The van der Waals surface area contributed by atoms with Gasteiger partial charge in [-0.25, -0.2) is 14.1 Å². The van der Waals surface area contributed by atoms with Crippen LogP contribution in [-0.4, -0.2) is 58.9 Å². The Kier molecular flexibility index (Phi) is 6.46. The fraction of sp³-hybridized carbons (Fsp3) is 0.250. The van der Waals surface area contributed by atoms with Crippen molar-refractivity contribution in [2.45, 2.75) is 0 Å². The Morgan fingerprint density at radius 1 is 1.14 bits per heavy atom. The van der Waals surface area contributed by atoms with Crippen molar-refractivity contribution in [3.05, 3.63) is 60.2 Å². The quantitative estimate of drug-likeness (QED) is 0.706. The molecular formula is C20H21ClFN5O2. The van der Waals surface area contributed by atoms with E-state index < -0.39 is 0 Å². The summed E-state index contributed by atoms with van der Waals surface area (Å²) in [6, 6.07) is 11.4. The molecule has 0 bridgehead atoms. The van der Waals surface area contributed by atoms with Gasteiger partial charge in [-0.2, -0.15) is 5.10 Å². The summed E-state index contributed by atoms with van der Waals surface area (Å²) in [4.78, 5) is 18.9. The first kappa shape index (κ1) is 20.8. The van der Waals surface area contributed by atoms with Crippen molar-refractivity contribution in [2.24, 2.45) is 0 Å². The summed E-state index contributed by atoms with van der Waals surface area (Å²) < 4.78 is 20.1. The first-order valence-electron chi connectivity index (χ1n) is 9.02. The minimum Gasteiger partial charge on any atom is -0.481 e. The maximum Gasteiger partial charge on any atom is 0.274 e. The second kappa shape index (κ2) is 9.02. The van der Waals surface area contributed by atoms with Gasteiger partial charge in [0.05, 0.1) is 24.7 Å². The third-order valence-electron chi connectivity index (χ3n) is 4.65. The monoisotopic (exact) mass is 417 g/mol. The summed E-state index contributed by atoms with van der Waals surface area (Å²) >= 11 is 0. The number of nitrogens with zero attached hydrogens (tertiary/aromatic N) is 4. The summed E-state index contributed by atoms with van der Waals surface area (Å²) in [5.74, 6) is 0.0412. The maximum atomic E-state index is 13.4. The van der Waals surface area contributed by atoms with Gasteiger partial charge in [-0.3, -0.25) is 4.79 Å². The molecule has 0 saturated carbocycles. The third kappa shape index (κ3) is 4.38. The van der Waals surface area contributed by atoms with Crippen molar-refractivity contribution in [1.82, 2.24) is 25.0 Å². The molecule has 29 heavy (non-hydrogen) atoms. The van der Waals surface area contributed by atoms with Crippen LogP contribution in [0, 0.1) is 5.82 Å². The van der Waals surface area contributed by atoms with E-state index in [0.717, 1.165) is 18.7 Å². The van der Waals surface area contributed by atoms with E-state index in [1.54, 1.807) is 47.2 Å². The molecular weight excluding hydrogens is 397 g/mol. The summed E-state index contributed by atoms with van der Waals surface area (Å²) in [6.45, 7) is 2.81. The van der Waals surface area contributed by atoms with E-state index in [1.165, 1.54) is 12.1 Å². The predicted molar refractivity (Wildman–Crippen MR) is 109 cm³/mol. The van der Waals surface area contributed by atoms with Gasteiger partial charge in [-0.05, 0) is 36.4 Å². The Morgan fingerprint density at radius 2 is 1.86 bits per heavy atom. The van der Waals surface area contributed by atoms with Crippen molar-refractivity contribution in [3.63, 3.8) is 0 Å². The van der Waals surface area contributed by atoms with E-state index in [2.05, 4.69) is 15.4 Å². The van der Waals surface area contributed by atoms with Crippen LogP contribution in [0.5, 0.6) is 5.88 Å². The highest BCUT2D eigenvalue weighted by Crippen LogP contribution is 2.25. The van der Waals surface area contributed by atoms with E-state index in [9.17, 15) is 9.18 Å².